The number of carbonyl (C=O) groups excluding carboxylic acids is 2. The average Bonchev–Trinajstić information content (AvgIpc) is 1.48. The number of Topliss-reactive ketones (excluding diaryl/α,β-unsaturated/α-hetero) is 1. The molecule has 2 aromatic carbocycles. The molecule has 12 radical (unpaired) electrons. The van der Waals surface area contributed by atoms with Crippen molar-refractivity contribution in [1.82, 2.24) is 5.06 Å². The van der Waals surface area contributed by atoms with Gasteiger partial charge in [0, 0.05) is 114 Å². The fourth-order valence-corrected chi connectivity index (χ4v) is 18.5. The molecule has 9 fully saturated rings. The molecule has 9 aliphatic rings. The second kappa shape index (κ2) is 34.6. The molecule has 2 aromatic rings. The van der Waals surface area contributed by atoms with Gasteiger partial charge in [-0.15, -0.1) is 0 Å². The predicted molar refractivity (Wildman–Crippen MR) is 365 cm³/mol. The van der Waals surface area contributed by atoms with E-state index in [1.165, 1.54) is 101 Å². The summed E-state index contributed by atoms with van der Waals surface area (Å²) in [5.74, 6) is 11.6. The zero-order valence-corrected chi connectivity index (χ0v) is 56.1. The molecule has 1 saturated heterocycles. The summed E-state index contributed by atoms with van der Waals surface area (Å²) in [6, 6.07) is 15.5. The molecule has 9 nitrogen and oxygen atoms in total. The van der Waals surface area contributed by atoms with Crippen LogP contribution in [0.1, 0.15) is 195 Å². The van der Waals surface area contributed by atoms with E-state index >= 15 is 0 Å². The quantitative estimate of drug-likeness (QED) is 0.111. The number of benzene rings is 2. The number of carbonyl (C=O) groups is 2. The minimum Gasteiger partial charge on any atom is -0.497 e. The molecule has 86 heavy (non-hydrogen) atoms. The number of amides is 1. The van der Waals surface area contributed by atoms with Gasteiger partial charge in [0.1, 0.15) is 11.5 Å². The predicted octanol–water partition coefficient (Wildman–Crippen LogP) is 8.63. The summed E-state index contributed by atoms with van der Waals surface area (Å²) < 4.78 is 16.3. The molecule has 0 aromatic heterocycles. The van der Waals surface area contributed by atoms with Crippen LogP contribution >= 0.6 is 15.9 Å². The second-order valence-corrected chi connectivity index (χ2v) is 29.5. The number of hydrogen-bond donors (Lipinski definition) is 2. The zero-order chi connectivity index (χ0) is 61.9. The molecular weight excluding hydrogens is 1120 g/mol. The Bertz CT molecular complexity index is 2350. The van der Waals surface area contributed by atoms with E-state index < -0.39 is 36.7 Å². The number of fused-ring (bicyclic) bond motifs is 10. The number of halogens is 1. The van der Waals surface area contributed by atoms with Crippen LogP contribution in [-0.2, 0) is 14.4 Å². The average molecular weight is 1220 g/mol. The molecule has 1 amide bonds. The molecule has 1 aliphatic heterocycles. The Morgan fingerprint density at radius 1 is 0.605 bits per heavy atom. The van der Waals surface area contributed by atoms with Crippen molar-refractivity contribution >= 4 is 99.6 Å². The largest absolute Gasteiger partial charge is 1.00 e. The van der Waals surface area contributed by atoms with Gasteiger partial charge in [-0.1, -0.05) is 55.4 Å². The number of ketones is 1. The van der Waals surface area contributed by atoms with Crippen molar-refractivity contribution < 1.29 is 57.7 Å². The molecule has 0 bridgehead atoms. The normalized spacial score (nSPS) is 34.8. The molecule has 1 heterocycles. The summed E-state index contributed by atoms with van der Waals surface area (Å²) in [6.45, 7) is 17.2. The summed E-state index contributed by atoms with van der Waals surface area (Å²) in [7, 11) is 38.4. The van der Waals surface area contributed by atoms with Gasteiger partial charge in [-0.25, -0.2) is 5.06 Å². The van der Waals surface area contributed by atoms with Gasteiger partial charge >= 0.3 is 18.9 Å². The van der Waals surface area contributed by atoms with E-state index in [9.17, 15) is 19.8 Å². The molecular formula is C65H103B10BrLiNO8. The maximum atomic E-state index is 13.6. The number of hydroxylamine groups is 2. The van der Waals surface area contributed by atoms with E-state index in [1.807, 2.05) is 62.4 Å². The van der Waals surface area contributed by atoms with Crippen LogP contribution in [0.4, 0.5) is 0 Å². The van der Waals surface area contributed by atoms with Gasteiger partial charge in [-0.05, 0) is 243 Å². The van der Waals surface area contributed by atoms with Crippen molar-refractivity contribution in [3.8, 4) is 11.5 Å². The summed E-state index contributed by atoms with van der Waals surface area (Å²) in [5, 5.41) is 22.6. The van der Waals surface area contributed by atoms with Crippen molar-refractivity contribution in [2.75, 3.05) is 41.6 Å². The number of rotatable bonds is 9. The Morgan fingerprint density at radius 3 is 1.41 bits per heavy atom. The third kappa shape index (κ3) is 19.7. The van der Waals surface area contributed by atoms with Crippen molar-refractivity contribution in [3.63, 3.8) is 0 Å². The molecule has 0 unspecified atom stereocenters. The van der Waals surface area contributed by atoms with Crippen LogP contribution in [0.5, 0.6) is 11.5 Å². The van der Waals surface area contributed by atoms with Crippen LogP contribution < -0.4 is 28.3 Å². The first-order valence-electron chi connectivity index (χ1n) is 32.2. The monoisotopic (exact) mass is 1220 g/mol. The van der Waals surface area contributed by atoms with Gasteiger partial charge < -0.3 is 30.3 Å². The van der Waals surface area contributed by atoms with E-state index in [2.05, 4.69) is 50.5 Å². The molecule has 11 rings (SSSR count). The summed E-state index contributed by atoms with van der Waals surface area (Å²) >= 11 is 3.32. The number of nitrogens with zero attached hydrogens (tertiary/aromatic N) is 1. The van der Waals surface area contributed by atoms with E-state index in [0.29, 0.717) is 17.6 Å². The SMILES string of the molecule is C.C1CCOC1.CON(C)C(=O)[C@H]1CC[C@H]2[C@@H]3CC[C@H]4C[C@](C)(O)CC[C@@H]4[C@H]3CC[C@]12C.COc1cccc(Br)c1.COc1cccc(C(=O)[C@H]2CC[C@H]3[C@@H]4CC[C@H]5C[C@](C)(O)CC[C@@H]5[C@H]4CC[C@]23C)c1.C[C-](C)C.[B]B([B])B(B([B])[B])B([B])[B].[Li+]. The van der Waals surface area contributed by atoms with Crippen LogP contribution in [0.2, 0.25) is 0 Å². The smallest absolute Gasteiger partial charge is 0.497 e. The molecule has 16 atom stereocenters. The standard InChI is InChI=1S/C27H38O3.C22H37NO3.C7H7BrO.C4H8O.C4H9.CH4.B10.Li/c1-26(29)13-11-20-18(16-26)7-8-22-21(20)12-14-27(2)23(22)9-10-24(27)25(28)17-5-4-6-19(15-17)30-3;1-21(25)11-9-15-14(13-21)5-6-17-16(15)10-12-22(2)18(17)7-8-19(22)20(24)23(3)26-4;1-9-7-4-2-3-6(8)5-7;1-2-4-5-3-1;1-4(2)3;;1-7(2)10(8(3)4)9(5)6;/h4-6,15,18,20-24,29H,7-14,16H2,1-3H3;14-19,25H,5-13H2,1-4H3;2-5H,1H3;1-4H2;1-3H3;1H4;;/q;;;;-1;;;+1/t18-,20-,21+,22+,23-,24+,26+,27-;14-,15-,16+,17+,18-,19+,21+,22-;;;;;;/m00....../s1. The minimum absolute atomic E-state index is 0. The third-order valence-corrected chi connectivity index (χ3v) is 22.7. The van der Waals surface area contributed by atoms with Gasteiger partial charge in [0.15, 0.2) is 5.78 Å². The van der Waals surface area contributed by atoms with Crippen LogP contribution in [0.3, 0.4) is 0 Å². The van der Waals surface area contributed by atoms with Gasteiger partial charge in [-0.3, -0.25) is 14.4 Å². The molecule has 8 aliphatic carbocycles. The Balaban J connectivity index is 0.000000253. The molecule has 8 saturated carbocycles. The van der Waals surface area contributed by atoms with Crippen LogP contribution in [0.25, 0.3) is 0 Å². The molecule has 454 valence electrons. The number of ether oxygens (including phenoxy) is 3. The Hall–Kier alpha value is -1.25. The van der Waals surface area contributed by atoms with Crippen molar-refractivity contribution in [2.45, 2.75) is 196 Å². The number of aliphatic hydroxyl groups is 2. The minimum atomic E-state index is -0.667. The first kappa shape index (κ1) is 77.2. The van der Waals surface area contributed by atoms with E-state index in [1.54, 1.807) is 28.4 Å². The van der Waals surface area contributed by atoms with Crippen molar-refractivity contribution in [3.05, 3.63) is 64.5 Å². The fraction of sp³-hybridized carbons (Fsp3) is 0.769. The van der Waals surface area contributed by atoms with Gasteiger partial charge in [-0.2, -0.15) is 20.8 Å². The van der Waals surface area contributed by atoms with E-state index in [0.717, 1.165) is 121 Å². The van der Waals surface area contributed by atoms with Gasteiger partial charge in [0.25, 0.3) is 0 Å². The zero-order valence-electron chi connectivity index (χ0n) is 54.5. The van der Waals surface area contributed by atoms with E-state index in [-0.39, 0.29) is 54.9 Å². The third-order valence-electron chi connectivity index (χ3n) is 22.2. The Morgan fingerprint density at radius 2 is 1.02 bits per heavy atom. The number of methoxy groups -OCH3 is 2. The van der Waals surface area contributed by atoms with Crippen LogP contribution in [0, 0.1) is 87.8 Å². The summed E-state index contributed by atoms with van der Waals surface area (Å²) in [5.41, 5.74) is 0.236. The second-order valence-electron chi connectivity index (χ2n) is 28.6. The topological polar surface area (TPSA) is 115 Å². The number of hydrogen-bond acceptors (Lipinski definition) is 8. The first-order valence-corrected chi connectivity index (χ1v) is 33.0. The summed E-state index contributed by atoms with van der Waals surface area (Å²) in [6.07, 6.45) is 21.1. The Labute approximate surface area is 553 Å². The maximum absolute atomic E-state index is 13.6. The first-order chi connectivity index (χ1) is 39.6. The van der Waals surface area contributed by atoms with Crippen LogP contribution in [-0.4, -0.2) is 152 Å². The van der Waals surface area contributed by atoms with Gasteiger partial charge in [0.2, 0.25) is 5.91 Å². The Kier molecular flexibility index (Phi) is 31.1. The summed E-state index contributed by atoms with van der Waals surface area (Å²) in [4.78, 5) is 31.6. The fourth-order valence-electron chi connectivity index (χ4n) is 18.2. The van der Waals surface area contributed by atoms with Crippen LogP contribution in [0.15, 0.2) is 53.0 Å². The van der Waals surface area contributed by atoms with Crippen molar-refractivity contribution in [1.29, 1.82) is 0 Å². The van der Waals surface area contributed by atoms with Crippen molar-refractivity contribution in [2.24, 2.45) is 81.8 Å². The molecule has 0 spiro atoms. The van der Waals surface area contributed by atoms with E-state index in [4.69, 9.17) is 65.5 Å². The maximum Gasteiger partial charge on any atom is 1.00 e. The molecule has 21 heteroatoms. The molecule has 2 N–H and O–H groups in total. The van der Waals surface area contributed by atoms with Gasteiger partial charge in [0.05, 0.1) is 32.5 Å².